The van der Waals surface area contributed by atoms with Crippen molar-refractivity contribution in [2.75, 3.05) is 6.61 Å². The van der Waals surface area contributed by atoms with E-state index < -0.39 is 5.97 Å². The quantitative estimate of drug-likeness (QED) is 0.630. The van der Waals surface area contributed by atoms with Crippen LogP contribution in [0.1, 0.15) is 17.4 Å². The van der Waals surface area contributed by atoms with Gasteiger partial charge < -0.3 is 4.74 Å². The number of nitrogens with zero attached hydrogens (tertiary/aromatic N) is 1. The third-order valence-electron chi connectivity index (χ3n) is 1.38. The number of hydrogen-bond donors (Lipinski definition) is 1. The van der Waals surface area contributed by atoms with Crippen LogP contribution >= 0.6 is 0 Å². The summed E-state index contributed by atoms with van der Waals surface area (Å²) in [6.07, 6.45) is 0. The number of hydrogen-bond acceptors (Lipinski definition) is 3. The van der Waals surface area contributed by atoms with Gasteiger partial charge in [-0.15, -0.1) is 0 Å². The number of nitrogens with one attached hydrogen (secondary N) is 1. The molecule has 1 heterocycles. The Morgan fingerprint density at radius 1 is 1.75 bits per heavy atom. The molecular formula is C7H10N2O3. The number of rotatable bonds is 2. The normalized spacial score (nSPS) is 9.83. The number of carbonyl (C=O) groups excluding carboxylic acids is 1. The van der Waals surface area contributed by atoms with Crippen LogP contribution in [0.2, 0.25) is 0 Å². The molecule has 1 aromatic rings. The van der Waals surface area contributed by atoms with Crippen molar-refractivity contribution in [2.24, 2.45) is 7.05 Å². The molecule has 0 unspecified atom stereocenters. The highest BCUT2D eigenvalue weighted by atomic mass is 16.5. The maximum absolute atomic E-state index is 11.0. The highest BCUT2D eigenvalue weighted by Gasteiger charge is 2.09. The van der Waals surface area contributed by atoms with E-state index in [0.29, 0.717) is 6.61 Å². The van der Waals surface area contributed by atoms with Gasteiger partial charge in [0, 0.05) is 13.1 Å². The van der Waals surface area contributed by atoms with E-state index >= 15 is 0 Å². The summed E-state index contributed by atoms with van der Waals surface area (Å²) < 4.78 is 5.89. The monoisotopic (exact) mass is 170 g/mol. The minimum absolute atomic E-state index is 0.185. The maximum atomic E-state index is 11.0. The molecule has 0 atom stereocenters. The largest absolute Gasteiger partial charge is 0.461 e. The number of aryl methyl sites for hydroxylation is 1. The summed E-state index contributed by atoms with van der Waals surface area (Å²) in [5.41, 5.74) is -0.0672. The molecule has 1 N–H and O–H groups in total. The molecule has 5 heteroatoms. The predicted molar refractivity (Wildman–Crippen MR) is 42.0 cm³/mol. The molecular weight excluding hydrogens is 160 g/mol. The van der Waals surface area contributed by atoms with Gasteiger partial charge in [0.05, 0.1) is 6.61 Å². The Balaban J connectivity index is 2.89. The highest BCUT2D eigenvalue weighted by molar-refractivity contribution is 5.86. The van der Waals surface area contributed by atoms with Gasteiger partial charge in [-0.05, 0) is 6.92 Å². The molecule has 0 radical (unpaired) electrons. The molecule has 0 bridgehead atoms. The zero-order valence-electron chi connectivity index (χ0n) is 6.96. The first-order valence-corrected chi connectivity index (χ1v) is 3.58. The Morgan fingerprint density at radius 2 is 2.42 bits per heavy atom. The molecule has 0 spiro atoms. The fourth-order valence-electron chi connectivity index (χ4n) is 0.802. The van der Waals surface area contributed by atoms with Crippen LogP contribution in [0.5, 0.6) is 0 Å². The molecule has 0 aliphatic heterocycles. The molecule has 0 aliphatic rings. The molecule has 0 aliphatic carbocycles. The topological polar surface area (TPSA) is 64.1 Å². The Kier molecular flexibility index (Phi) is 2.32. The Hall–Kier alpha value is -1.52. The number of carbonyl (C=O) groups is 1. The van der Waals surface area contributed by atoms with Gasteiger partial charge in [0.25, 0.3) is 5.56 Å². The molecule has 1 aromatic heterocycles. The lowest BCUT2D eigenvalue weighted by Crippen LogP contribution is -2.10. The molecule has 66 valence electrons. The lowest BCUT2D eigenvalue weighted by molar-refractivity contribution is 0.0518. The highest BCUT2D eigenvalue weighted by Crippen LogP contribution is 1.92. The average molecular weight is 170 g/mol. The Labute approximate surface area is 68.9 Å². The van der Waals surface area contributed by atoms with Crippen LogP contribution in [0.15, 0.2) is 10.9 Å². The molecule has 5 nitrogen and oxygen atoms in total. The van der Waals surface area contributed by atoms with Crippen molar-refractivity contribution in [3.8, 4) is 0 Å². The van der Waals surface area contributed by atoms with Crippen LogP contribution in [-0.2, 0) is 11.8 Å². The van der Waals surface area contributed by atoms with Crippen LogP contribution in [0, 0.1) is 0 Å². The summed E-state index contributed by atoms with van der Waals surface area (Å²) in [4.78, 5) is 21.9. The lowest BCUT2D eigenvalue weighted by Gasteiger charge is -1.96. The van der Waals surface area contributed by atoms with E-state index in [1.807, 2.05) is 0 Å². The van der Waals surface area contributed by atoms with Crippen LogP contribution in [-0.4, -0.2) is 22.4 Å². The summed E-state index contributed by atoms with van der Waals surface area (Å²) in [6.45, 7) is 2.01. The van der Waals surface area contributed by atoms with Crippen molar-refractivity contribution in [3.63, 3.8) is 0 Å². The number of ether oxygens (including phenoxy) is 1. The van der Waals surface area contributed by atoms with Crippen LogP contribution < -0.4 is 5.56 Å². The molecule has 0 amide bonds. The molecule has 12 heavy (non-hydrogen) atoms. The minimum Gasteiger partial charge on any atom is -0.461 e. The summed E-state index contributed by atoms with van der Waals surface area (Å²) in [5, 5.41) is 2.56. The maximum Gasteiger partial charge on any atom is 0.356 e. The summed E-state index contributed by atoms with van der Waals surface area (Å²) >= 11 is 0. The molecule has 0 aromatic carbocycles. The van der Waals surface area contributed by atoms with Crippen molar-refractivity contribution >= 4 is 5.97 Å². The predicted octanol–water partition coefficient (Wildman–Crippen LogP) is -0.110. The van der Waals surface area contributed by atoms with Crippen molar-refractivity contribution in [3.05, 3.63) is 22.1 Å². The van der Waals surface area contributed by atoms with E-state index in [4.69, 9.17) is 0 Å². The number of aromatic nitrogens is 2. The van der Waals surface area contributed by atoms with Crippen molar-refractivity contribution in [1.82, 2.24) is 9.78 Å². The van der Waals surface area contributed by atoms with Gasteiger partial charge in [0.1, 0.15) is 5.69 Å². The van der Waals surface area contributed by atoms with E-state index in [2.05, 4.69) is 9.84 Å². The second kappa shape index (κ2) is 3.25. The first-order chi connectivity index (χ1) is 5.65. The first-order valence-electron chi connectivity index (χ1n) is 3.58. The van der Waals surface area contributed by atoms with Crippen molar-refractivity contribution < 1.29 is 9.53 Å². The molecule has 0 fully saturated rings. The van der Waals surface area contributed by atoms with Crippen LogP contribution in [0.25, 0.3) is 0 Å². The zero-order valence-corrected chi connectivity index (χ0v) is 6.96. The summed E-state index contributed by atoms with van der Waals surface area (Å²) in [5.74, 6) is -0.504. The zero-order chi connectivity index (χ0) is 9.14. The van der Waals surface area contributed by atoms with E-state index in [1.54, 1.807) is 6.92 Å². The van der Waals surface area contributed by atoms with Gasteiger partial charge in [0.2, 0.25) is 0 Å². The number of H-pyrrole nitrogens is 1. The Bertz CT molecular complexity index is 337. The van der Waals surface area contributed by atoms with Crippen LogP contribution in [0.4, 0.5) is 0 Å². The van der Waals surface area contributed by atoms with Gasteiger partial charge in [-0.25, -0.2) is 4.79 Å². The fraction of sp³-hybridized carbons (Fsp3) is 0.429. The average Bonchev–Trinajstić information content (AvgIpc) is 2.33. The van der Waals surface area contributed by atoms with Gasteiger partial charge in [0.15, 0.2) is 0 Å². The number of aromatic amines is 1. The van der Waals surface area contributed by atoms with E-state index in [1.165, 1.54) is 17.8 Å². The van der Waals surface area contributed by atoms with E-state index in [-0.39, 0.29) is 11.3 Å². The SMILES string of the molecule is CCOC(=O)c1cc(=O)n(C)[nH]1. The van der Waals surface area contributed by atoms with E-state index in [0.717, 1.165) is 0 Å². The third kappa shape index (κ3) is 1.55. The molecule has 1 rings (SSSR count). The smallest absolute Gasteiger partial charge is 0.356 e. The lowest BCUT2D eigenvalue weighted by atomic mass is 10.4. The van der Waals surface area contributed by atoms with Gasteiger partial charge in [-0.3, -0.25) is 14.6 Å². The van der Waals surface area contributed by atoms with Crippen molar-refractivity contribution in [2.45, 2.75) is 6.92 Å². The summed E-state index contributed by atoms with van der Waals surface area (Å²) in [6, 6.07) is 1.21. The first kappa shape index (κ1) is 8.58. The molecule has 0 saturated heterocycles. The summed E-state index contributed by atoms with van der Waals surface area (Å²) in [7, 11) is 1.53. The Morgan fingerprint density at radius 3 is 2.83 bits per heavy atom. The minimum atomic E-state index is -0.504. The standard InChI is InChI=1S/C7H10N2O3/c1-3-12-7(11)5-4-6(10)9(2)8-5/h4,8H,3H2,1-2H3. The third-order valence-corrected chi connectivity index (χ3v) is 1.38. The molecule has 0 saturated carbocycles. The number of esters is 1. The van der Waals surface area contributed by atoms with Crippen molar-refractivity contribution in [1.29, 1.82) is 0 Å². The van der Waals surface area contributed by atoms with E-state index in [9.17, 15) is 9.59 Å². The van der Waals surface area contributed by atoms with Crippen LogP contribution in [0.3, 0.4) is 0 Å². The fourth-order valence-corrected chi connectivity index (χ4v) is 0.802. The second-order valence-electron chi connectivity index (χ2n) is 2.29. The van der Waals surface area contributed by atoms with Gasteiger partial charge >= 0.3 is 5.97 Å². The van der Waals surface area contributed by atoms with Gasteiger partial charge in [-0.1, -0.05) is 0 Å². The van der Waals surface area contributed by atoms with Gasteiger partial charge in [-0.2, -0.15) is 0 Å². The second-order valence-corrected chi connectivity index (χ2v) is 2.29.